The summed E-state index contributed by atoms with van der Waals surface area (Å²) in [5.74, 6) is -0.672. The molecule has 0 heterocycles. The van der Waals surface area contributed by atoms with Gasteiger partial charge in [-0.15, -0.1) is 0 Å². The largest absolute Gasteiger partial charge is 0.543 e. The third kappa shape index (κ3) is 12.5. The average Bonchev–Trinajstić information content (AvgIpc) is 2.95. The minimum Gasteiger partial charge on any atom is -0.494 e. The Balaban J connectivity index is 1.49. The highest BCUT2D eigenvalue weighted by Gasteiger charge is 2.14. The number of ether oxygens (including phenoxy) is 4. The molecular formula is C25H28O14. The van der Waals surface area contributed by atoms with Crippen LogP contribution in [0.15, 0.2) is 48.5 Å². The second-order valence-electron chi connectivity index (χ2n) is 7.34. The molecule has 2 aromatic rings. The predicted octanol–water partition coefficient (Wildman–Crippen LogP) is 4.67. The fourth-order valence-electron chi connectivity index (χ4n) is 2.48. The summed E-state index contributed by atoms with van der Waals surface area (Å²) in [5, 5.41) is 8.19. The molecule has 0 unspecified atom stereocenters. The summed E-state index contributed by atoms with van der Waals surface area (Å²) in [6.07, 6.45) is -0.916. The molecule has 212 valence electrons. The minimum atomic E-state index is -1.31. The van der Waals surface area contributed by atoms with E-state index in [0.29, 0.717) is 24.7 Å². The summed E-state index contributed by atoms with van der Waals surface area (Å²) in [7, 11) is 0. The van der Waals surface area contributed by atoms with Crippen molar-refractivity contribution in [1.82, 2.24) is 0 Å². The Hall–Kier alpha value is -4.56. The van der Waals surface area contributed by atoms with Gasteiger partial charge in [-0.3, -0.25) is 9.78 Å². The van der Waals surface area contributed by atoms with E-state index >= 15 is 0 Å². The van der Waals surface area contributed by atoms with Crippen molar-refractivity contribution in [2.45, 2.75) is 33.1 Å². The molecule has 0 aliphatic heterocycles. The van der Waals surface area contributed by atoms with Crippen molar-refractivity contribution in [1.29, 1.82) is 0 Å². The average molecular weight is 552 g/mol. The van der Waals surface area contributed by atoms with Gasteiger partial charge >= 0.3 is 24.2 Å². The molecule has 0 aliphatic rings. The molecule has 0 N–H and O–H groups in total. The zero-order chi connectivity index (χ0) is 28.3. The van der Waals surface area contributed by atoms with Crippen molar-refractivity contribution < 1.29 is 67.8 Å². The number of hydrogen-bond acceptors (Lipinski definition) is 14. The first kappa shape index (κ1) is 30.7. The molecule has 0 aromatic heterocycles. The number of benzene rings is 2. The van der Waals surface area contributed by atoms with Gasteiger partial charge in [-0.05, 0) is 61.4 Å². The van der Waals surface area contributed by atoms with Crippen molar-refractivity contribution in [3.63, 3.8) is 0 Å². The second-order valence-corrected chi connectivity index (χ2v) is 7.34. The van der Waals surface area contributed by atoms with Crippen LogP contribution in [0.25, 0.3) is 0 Å². The van der Waals surface area contributed by atoms with Gasteiger partial charge in [0.1, 0.15) is 11.5 Å². The molecule has 0 radical (unpaired) electrons. The lowest BCUT2D eigenvalue weighted by Gasteiger charge is -2.06. The summed E-state index contributed by atoms with van der Waals surface area (Å²) in [4.78, 5) is 63.4. The lowest BCUT2D eigenvalue weighted by Crippen LogP contribution is -2.15. The van der Waals surface area contributed by atoms with Gasteiger partial charge in [0.05, 0.1) is 47.6 Å². The van der Waals surface area contributed by atoms with Crippen LogP contribution in [0.1, 0.15) is 53.8 Å². The van der Waals surface area contributed by atoms with Crippen LogP contribution in [0.2, 0.25) is 0 Å². The summed E-state index contributed by atoms with van der Waals surface area (Å²) in [6.45, 7) is 4.49. The van der Waals surface area contributed by atoms with Gasteiger partial charge in [0.2, 0.25) is 0 Å². The molecule has 0 saturated heterocycles. The van der Waals surface area contributed by atoms with E-state index < -0.39 is 24.2 Å². The monoisotopic (exact) mass is 552 g/mol. The molecule has 2 aromatic carbocycles. The Kier molecular flexibility index (Phi) is 14.0. The fraction of sp³-hybridized carbons (Fsp3) is 0.360. The fourth-order valence-corrected chi connectivity index (χ4v) is 2.48. The van der Waals surface area contributed by atoms with Crippen LogP contribution in [0.4, 0.5) is 9.59 Å². The molecule has 0 aliphatic carbocycles. The molecule has 0 amide bonds. The number of hydrogen-bond donors (Lipinski definition) is 0. The topological polar surface area (TPSA) is 161 Å². The van der Waals surface area contributed by atoms with E-state index in [-0.39, 0.29) is 30.8 Å². The minimum absolute atomic E-state index is 0.0304. The van der Waals surface area contributed by atoms with Crippen LogP contribution in [-0.2, 0) is 39.1 Å². The summed E-state index contributed by atoms with van der Waals surface area (Å²) >= 11 is 0. The van der Waals surface area contributed by atoms with Crippen LogP contribution in [0.5, 0.6) is 11.5 Å². The third-order valence-corrected chi connectivity index (χ3v) is 4.28. The zero-order valence-electron chi connectivity index (χ0n) is 21.3. The lowest BCUT2D eigenvalue weighted by atomic mass is 10.2. The molecule has 2 rings (SSSR count). The molecule has 14 nitrogen and oxygen atoms in total. The van der Waals surface area contributed by atoms with Crippen molar-refractivity contribution in [3.05, 3.63) is 59.7 Å². The zero-order valence-corrected chi connectivity index (χ0v) is 21.3. The van der Waals surface area contributed by atoms with Crippen molar-refractivity contribution >= 4 is 24.2 Å². The summed E-state index contributed by atoms with van der Waals surface area (Å²) in [5.41, 5.74) is 0.260. The van der Waals surface area contributed by atoms with Gasteiger partial charge in [-0.1, -0.05) is 13.8 Å². The molecule has 14 heteroatoms. The maximum atomic E-state index is 11.8. The van der Waals surface area contributed by atoms with E-state index in [1.807, 2.05) is 13.8 Å². The van der Waals surface area contributed by atoms with Crippen LogP contribution >= 0.6 is 0 Å². The first-order chi connectivity index (χ1) is 18.9. The molecular weight excluding hydrogens is 524 g/mol. The van der Waals surface area contributed by atoms with E-state index in [0.717, 1.165) is 12.8 Å². The van der Waals surface area contributed by atoms with Crippen LogP contribution in [-0.4, -0.2) is 50.7 Å². The molecule has 0 fully saturated rings. The van der Waals surface area contributed by atoms with Gasteiger partial charge in [-0.25, -0.2) is 29.0 Å². The van der Waals surface area contributed by atoms with Gasteiger partial charge in [0.15, 0.2) is 0 Å². The van der Waals surface area contributed by atoms with Crippen LogP contribution < -0.4 is 9.47 Å². The maximum absolute atomic E-state index is 11.8. The van der Waals surface area contributed by atoms with E-state index in [9.17, 15) is 19.2 Å². The van der Waals surface area contributed by atoms with Gasteiger partial charge < -0.3 is 18.9 Å². The molecule has 0 saturated carbocycles. The smallest absolute Gasteiger partial charge is 0.494 e. The van der Waals surface area contributed by atoms with Gasteiger partial charge in [0.25, 0.3) is 0 Å². The van der Waals surface area contributed by atoms with Crippen LogP contribution in [0.3, 0.4) is 0 Å². The highest BCUT2D eigenvalue weighted by Crippen LogP contribution is 2.14. The van der Waals surface area contributed by atoms with Crippen LogP contribution in [0, 0.1) is 0 Å². The van der Waals surface area contributed by atoms with Crippen molar-refractivity contribution in [2.24, 2.45) is 0 Å². The highest BCUT2D eigenvalue weighted by molar-refractivity contribution is 5.89. The first-order valence-electron chi connectivity index (χ1n) is 11.8. The highest BCUT2D eigenvalue weighted by atomic mass is 17.5. The third-order valence-electron chi connectivity index (χ3n) is 4.28. The standard InChI is InChI=1S/C25H28O14/c1-3-14-30-20-10-6-18(7-11-20)22(26)34-38-36-24(28)32-16-5-17-33-25(29)37-39-35-23(27)19-8-12-21(13-9-19)31-15-4-2/h6-13H,3-5,14-17H2,1-2H3. The normalized spacial score (nSPS) is 10.1. The Labute approximate surface area is 223 Å². The van der Waals surface area contributed by atoms with E-state index in [1.54, 1.807) is 24.3 Å². The maximum Gasteiger partial charge on any atom is 0.543 e. The Morgan fingerprint density at radius 1 is 0.538 bits per heavy atom. The summed E-state index contributed by atoms with van der Waals surface area (Å²) < 4.78 is 20.0. The molecule has 0 spiro atoms. The quantitative estimate of drug-likeness (QED) is 0.122. The Morgan fingerprint density at radius 3 is 1.28 bits per heavy atom. The van der Waals surface area contributed by atoms with Gasteiger partial charge in [0, 0.05) is 6.42 Å². The number of carbonyl (C=O) groups is 4. The van der Waals surface area contributed by atoms with Crippen molar-refractivity contribution in [3.8, 4) is 11.5 Å². The van der Waals surface area contributed by atoms with E-state index in [1.165, 1.54) is 24.3 Å². The molecule has 0 atom stereocenters. The lowest BCUT2D eigenvalue weighted by molar-refractivity contribution is -0.452. The Morgan fingerprint density at radius 2 is 0.923 bits per heavy atom. The van der Waals surface area contributed by atoms with Crippen molar-refractivity contribution in [2.75, 3.05) is 26.4 Å². The molecule has 0 bridgehead atoms. The van der Waals surface area contributed by atoms with E-state index in [2.05, 4.69) is 39.1 Å². The van der Waals surface area contributed by atoms with E-state index in [4.69, 9.17) is 9.47 Å². The number of rotatable bonds is 16. The number of carbonyl (C=O) groups excluding carboxylic acids is 4. The molecule has 39 heavy (non-hydrogen) atoms. The first-order valence-corrected chi connectivity index (χ1v) is 11.8. The predicted molar refractivity (Wildman–Crippen MR) is 127 cm³/mol. The van der Waals surface area contributed by atoms with Gasteiger partial charge in [-0.2, -0.15) is 0 Å². The second kappa shape index (κ2) is 17.8. The SMILES string of the molecule is CCCOc1ccc(C(=O)OOOC(=O)OCCCOC(=O)OOOC(=O)c2ccc(OCCC)cc2)cc1. The Bertz CT molecular complexity index is 952. The summed E-state index contributed by atoms with van der Waals surface area (Å²) in [6, 6.07) is 12.1.